The molecule has 0 aliphatic carbocycles. The number of hydrogen-bond donors (Lipinski definition) is 0. The molecule has 3 nitrogen and oxygen atoms in total. The molecule has 0 N–H and O–H groups in total. The summed E-state index contributed by atoms with van der Waals surface area (Å²) in [5.74, 6) is 0. The van der Waals surface area contributed by atoms with Gasteiger partial charge in [0.2, 0.25) is 0 Å². The van der Waals surface area contributed by atoms with Crippen LogP contribution in [0, 0.1) is 0 Å². The van der Waals surface area contributed by atoms with Crippen molar-refractivity contribution in [1.29, 1.82) is 0 Å². The second-order valence-corrected chi connectivity index (χ2v) is 1.25. The molecule has 0 spiro atoms. The maximum absolute atomic E-state index is 9.72. The zero-order chi connectivity index (χ0) is 7.54. The van der Waals surface area contributed by atoms with E-state index >= 15 is 0 Å². The van der Waals surface area contributed by atoms with Crippen molar-refractivity contribution in [2.75, 3.05) is 19.8 Å². The van der Waals surface area contributed by atoms with E-state index in [9.17, 15) is 5.11 Å². The molecule has 0 heterocycles. The Labute approximate surface area is 63.7 Å². The molecule has 0 saturated carbocycles. The van der Waals surface area contributed by atoms with Gasteiger partial charge in [0.25, 0.3) is 0 Å². The monoisotopic (exact) mass is 146 g/mol. The standard InChI is InChI=1S/C5H11O2.Al.O/c1-2-7-5-3-4-6;;/h2-5H2,1H3;;/q-1;+1;. The number of ether oxygens (including phenoxy) is 1. The van der Waals surface area contributed by atoms with Gasteiger partial charge in [0.15, 0.2) is 0 Å². The van der Waals surface area contributed by atoms with Crippen LogP contribution in [0.25, 0.3) is 0 Å². The summed E-state index contributed by atoms with van der Waals surface area (Å²) in [6.45, 7) is 3.25. The predicted molar refractivity (Wildman–Crippen MR) is 32.4 cm³/mol. The maximum atomic E-state index is 9.72. The van der Waals surface area contributed by atoms with Gasteiger partial charge in [0.05, 0.1) is 0 Å². The molecule has 0 saturated heterocycles. The summed E-state index contributed by atoms with van der Waals surface area (Å²) < 4.78 is 13.0. The Morgan fingerprint density at radius 2 is 2.11 bits per heavy atom. The summed E-state index contributed by atoms with van der Waals surface area (Å²) in [5.41, 5.74) is 0. The van der Waals surface area contributed by atoms with E-state index in [1.807, 2.05) is 6.92 Å². The van der Waals surface area contributed by atoms with Crippen molar-refractivity contribution in [2.24, 2.45) is 0 Å². The fourth-order valence-electron chi connectivity index (χ4n) is 0.305. The van der Waals surface area contributed by atoms with E-state index in [1.54, 1.807) is 0 Å². The van der Waals surface area contributed by atoms with Crippen LogP contribution < -0.4 is 5.11 Å². The van der Waals surface area contributed by atoms with E-state index in [-0.39, 0.29) is 6.61 Å². The van der Waals surface area contributed by atoms with Crippen LogP contribution in [0.15, 0.2) is 0 Å². The molecule has 0 aromatic carbocycles. The third-order valence-electron chi connectivity index (χ3n) is 0.637. The molecule has 0 aromatic rings. The Kier molecular flexibility index (Phi) is 20.9. The molecule has 4 heteroatoms. The molecule has 0 rings (SSSR count). The molecule has 0 aliphatic heterocycles. The molecule has 0 atom stereocenters. The SMILES string of the molecule is CCOCCC[O-].[O]=[Al+]. The molecule has 0 aromatic heterocycles. The first-order valence-electron chi connectivity index (χ1n) is 2.81. The van der Waals surface area contributed by atoms with Crippen LogP contribution in [-0.4, -0.2) is 36.0 Å². The van der Waals surface area contributed by atoms with Crippen molar-refractivity contribution in [1.82, 2.24) is 0 Å². The van der Waals surface area contributed by atoms with Crippen molar-refractivity contribution >= 4 is 16.2 Å². The van der Waals surface area contributed by atoms with Gasteiger partial charge in [0, 0.05) is 13.2 Å². The summed E-state index contributed by atoms with van der Waals surface area (Å²) in [5, 5.41) is 9.72. The Morgan fingerprint density at radius 1 is 1.56 bits per heavy atom. The van der Waals surface area contributed by atoms with Gasteiger partial charge in [-0.1, -0.05) is 0 Å². The summed E-state index contributed by atoms with van der Waals surface area (Å²) in [4.78, 5) is 0. The molecule has 0 bridgehead atoms. The Morgan fingerprint density at radius 3 is 2.44 bits per heavy atom. The Balaban J connectivity index is 0. The molecule has 0 radical (unpaired) electrons. The first-order valence-corrected chi connectivity index (χ1v) is 3.28. The minimum absolute atomic E-state index is 0.0139. The van der Waals surface area contributed by atoms with Gasteiger partial charge in [-0.25, -0.2) is 0 Å². The van der Waals surface area contributed by atoms with Gasteiger partial charge < -0.3 is 9.84 Å². The third kappa shape index (κ3) is 17.8. The van der Waals surface area contributed by atoms with E-state index in [0.29, 0.717) is 13.0 Å². The predicted octanol–water partition coefficient (Wildman–Crippen LogP) is -0.726. The molecule has 0 aliphatic rings. The van der Waals surface area contributed by atoms with Crippen molar-refractivity contribution < 1.29 is 13.6 Å². The van der Waals surface area contributed by atoms with Crippen LogP contribution >= 0.6 is 0 Å². The second-order valence-electron chi connectivity index (χ2n) is 1.25. The zero-order valence-electron chi connectivity index (χ0n) is 5.63. The normalized spacial score (nSPS) is 8.00. The topological polar surface area (TPSA) is 49.4 Å². The summed E-state index contributed by atoms with van der Waals surface area (Å²) >= 11 is 1.17. The van der Waals surface area contributed by atoms with Gasteiger partial charge in [0.1, 0.15) is 0 Å². The second kappa shape index (κ2) is 15.7. The van der Waals surface area contributed by atoms with Crippen LogP contribution in [0.2, 0.25) is 0 Å². The van der Waals surface area contributed by atoms with E-state index in [0.717, 1.165) is 6.61 Å². The van der Waals surface area contributed by atoms with Gasteiger partial charge >= 0.3 is 20.0 Å². The average Bonchev–Trinajstić information content (AvgIpc) is 1.94. The molecular weight excluding hydrogens is 135 g/mol. The van der Waals surface area contributed by atoms with Crippen molar-refractivity contribution in [3.05, 3.63) is 0 Å². The molecular formula is C5H11AlO3. The fraction of sp³-hybridized carbons (Fsp3) is 1.00. The Hall–Kier alpha value is 0.252. The quantitative estimate of drug-likeness (QED) is 0.388. The van der Waals surface area contributed by atoms with Crippen molar-refractivity contribution in [3.63, 3.8) is 0 Å². The third-order valence-corrected chi connectivity index (χ3v) is 0.637. The molecule has 0 unspecified atom stereocenters. The summed E-state index contributed by atoms with van der Waals surface area (Å²) in [6, 6.07) is 0. The molecule has 52 valence electrons. The van der Waals surface area contributed by atoms with Crippen molar-refractivity contribution in [3.8, 4) is 0 Å². The van der Waals surface area contributed by atoms with E-state index < -0.39 is 0 Å². The number of rotatable bonds is 4. The molecule has 0 amide bonds. The zero-order valence-corrected chi connectivity index (χ0v) is 6.79. The average molecular weight is 146 g/mol. The number of hydrogen-bond acceptors (Lipinski definition) is 3. The first-order chi connectivity index (χ1) is 4.41. The van der Waals surface area contributed by atoms with Gasteiger partial charge in [-0.05, 0) is 13.3 Å². The Bertz CT molecular complexity index is 39.2. The van der Waals surface area contributed by atoms with E-state index in [2.05, 4.69) is 0 Å². The molecule has 9 heavy (non-hydrogen) atoms. The summed E-state index contributed by atoms with van der Waals surface area (Å²) in [6.07, 6.45) is 0.647. The molecule has 0 fully saturated rings. The van der Waals surface area contributed by atoms with Gasteiger partial charge in [-0.3, -0.25) is 0 Å². The van der Waals surface area contributed by atoms with Crippen LogP contribution in [0.3, 0.4) is 0 Å². The van der Waals surface area contributed by atoms with Gasteiger partial charge in [-0.15, -0.1) is 6.61 Å². The van der Waals surface area contributed by atoms with Crippen LogP contribution in [-0.2, 0) is 8.54 Å². The van der Waals surface area contributed by atoms with E-state index in [4.69, 9.17) is 8.54 Å². The van der Waals surface area contributed by atoms with Crippen LogP contribution in [0.4, 0.5) is 0 Å². The van der Waals surface area contributed by atoms with E-state index in [1.165, 1.54) is 16.2 Å². The van der Waals surface area contributed by atoms with Crippen LogP contribution in [0.5, 0.6) is 0 Å². The first kappa shape index (κ1) is 12.0. The fourth-order valence-corrected chi connectivity index (χ4v) is 0.305. The van der Waals surface area contributed by atoms with Crippen molar-refractivity contribution in [2.45, 2.75) is 13.3 Å². The van der Waals surface area contributed by atoms with Crippen LogP contribution in [0.1, 0.15) is 13.3 Å². The van der Waals surface area contributed by atoms with Gasteiger partial charge in [-0.2, -0.15) is 0 Å². The summed E-state index contributed by atoms with van der Waals surface area (Å²) in [7, 11) is 0. The minimum atomic E-state index is -0.0139.